The first-order valence-electron chi connectivity index (χ1n) is 6.65. The maximum atomic E-state index is 14.1. The Hall–Kier alpha value is -1.62. The molecule has 0 bridgehead atoms. The van der Waals surface area contributed by atoms with Gasteiger partial charge in [0.25, 0.3) is 0 Å². The van der Waals surface area contributed by atoms with E-state index in [1.165, 1.54) is 0 Å². The maximum Gasteiger partial charge on any atom is 0.312 e. The van der Waals surface area contributed by atoms with E-state index >= 15 is 0 Å². The lowest BCUT2D eigenvalue weighted by atomic mass is 10.2. The van der Waals surface area contributed by atoms with Crippen LogP contribution in [0.25, 0.3) is 0 Å². The molecule has 5 heteroatoms. The molecule has 0 heterocycles. The molecule has 110 valence electrons. The van der Waals surface area contributed by atoms with E-state index in [4.69, 9.17) is 14.2 Å². The number of carbonyl (C=O) groups excluding carboxylic acids is 1. The van der Waals surface area contributed by atoms with E-state index in [9.17, 15) is 9.18 Å². The highest BCUT2D eigenvalue weighted by atomic mass is 19.1. The van der Waals surface area contributed by atoms with Crippen LogP contribution in [0.15, 0.2) is 24.3 Å². The number of halogens is 1. The Balaban J connectivity index is 1.74. The van der Waals surface area contributed by atoms with Crippen LogP contribution >= 0.6 is 0 Å². The zero-order chi connectivity index (χ0) is 14.6. The van der Waals surface area contributed by atoms with Crippen molar-refractivity contribution >= 4 is 5.97 Å². The van der Waals surface area contributed by atoms with Gasteiger partial charge in [-0.15, -0.1) is 0 Å². The third-order valence-electron chi connectivity index (χ3n) is 3.35. The highest BCUT2D eigenvalue weighted by molar-refractivity contribution is 5.77. The van der Waals surface area contributed by atoms with Crippen LogP contribution < -0.4 is 4.74 Å². The second-order valence-electron chi connectivity index (χ2n) is 4.88. The number of benzene rings is 1. The first-order valence-corrected chi connectivity index (χ1v) is 6.65. The molecule has 0 aromatic heterocycles. The number of hydrogen-bond acceptors (Lipinski definition) is 4. The first kappa shape index (κ1) is 14.8. The number of carbonyl (C=O) groups is 1. The molecule has 1 unspecified atom stereocenters. The fraction of sp³-hybridized carbons (Fsp3) is 0.533. The van der Waals surface area contributed by atoms with Crippen molar-refractivity contribution in [1.29, 1.82) is 0 Å². The minimum Gasteiger partial charge on any atom is -0.497 e. The minimum absolute atomic E-state index is 0.0808. The van der Waals surface area contributed by atoms with Crippen molar-refractivity contribution < 1.29 is 23.4 Å². The number of alkyl halides is 1. The van der Waals surface area contributed by atoms with Crippen molar-refractivity contribution in [2.75, 3.05) is 20.3 Å². The summed E-state index contributed by atoms with van der Waals surface area (Å²) in [7, 11) is 1.60. The van der Waals surface area contributed by atoms with E-state index in [1.54, 1.807) is 14.0 Å². The van der Waals surface area contributed by atoms with Crippen molar-refractivity contribution in [2.45, 2.75) is 25.6 Å². The van der Waals surface area contributed by atoms with Crippen molar-refractivity contribution in [3.63, 3.8) is 0 Å². The van der Waals surface area contributed by atoms with Crippen LogP contribution in [-0.4, -0.2) is 32.0 Å². The predicted molar refractivity (Wildman–Crippen MR) is 71.2 cm³/mol. The van der Waals surface area contributed by atoms with E-state index in [-0.39, 0.29) is 19.6 Å². The Morgan fingerprint density at radius 2 is 2.10 bits per heavy atom. The molecule has 1 aliphatic rings. The average molecular weight is 282 g/mol. The fourth-order valence-electron chi connectivity index (χ4n) is 2.04. The van der Waals surface area contributed by atoms with Gasteiger partial charge in [0.2, 0.25) is 0 Å². The van der Waals surface area contributed by atoms with Crippen LogP contribution in [0.1, 0.15) is 18.9 Å². The second kappa shape index (κ2) is 6.22. The van der Waals surface area contributed by atoms with Gasteiger partial charge in [0.05, 0.1) is 32.8 Å². The molecule has 0 N–H and O–H groups in total. The van der Waals surface area contributed by atoms with Gasteiger partial charge in [-0.25, -0.2) is 4.39 Å². The molecule has 1 fully saturated rings. The minimum atomic E-state index is -1.56. The van der Waals surface area contributed by atoms with Gasteiger partial charge in [-0.1, -0.05) is 12.1 Å². The highest BCUT2D eigenvalue weighted by Gasteiger charge is 2.61. The summed E-state index contributed by atoms with van der Waals surface area (Å²) >= 11 is 0. The largest absolute Gasteiger partial charge is 0.497 e. The standard InChI is InChI=1S/C15H19FO4/c1-3-20-14(17)13-8-15(13,16)10-19-9-11-4-6-12(18-2)7-5-11/h4-7,13H,3,8-10H2,1-2H3/t13?,15-/m0/s1. The van der Waals surface area contributed by atoms with Crippen molar-refractivity contribution in [2.24, 2.45) is 5.92 Å². The molecule has 2 rings (SSSR count). The number of ether oxygens (including phenoxy) is 3. The molecule has 0 radical (unpaired) electrons. The molecule has 1 aliphatic carbocycles. The molecule has 2 atom stereocenters. The summed E-state index contributed by atoms with van der Waals surface area (Å²) in [5, 5.41) is 0. The zero-order valence-corrected chi connectivity index (χ0v) is 11.7. The number of rotatable bonds is 7. The van der Waals surface area contributed by atoms with Crippen LogP contribution in [-0.2, 0) is 20.9 Å². The molecule has 0 spiro atoms. The monoisotopic (exact) mass is 282 g/mol. The van der Waals surface area contributed by atoms with Gasteiger partial charge in [0, 0.05) is 6.42 Å². The molecular formula is C15H19FO4. The summed E-state index contributed by atoms with van der Waals surface area (Å²) < 4.78 is 29.3. The van der Waals surface area contributed by atoms with E-state index in [2.05, 4.69) is 0 Å². The third-order valence-corrected chi connectivity index (χ3v) is 3.35. The Kier molecular flexibility index (Phi) is 4.60. The van der Waals surface area contributed by atoms with E-state index in [1.807, 2.05) is 24.3 Å². The maximum absolute atomic E-state index is 14.1. The van der Waals surface area contributed by atoms with Gasteiger partial charge in [-0.3, -0.25) is 4.79 Å². The van der Waals surface area contributed by atoms with Crippen molar-refractivity contribution in [3.05, 3.63) is 29.8 Å². The zero-order valence-electron chi connectivity index (χ0n) is 11.7. The number of esters is 1. The molecule has 20 heavy (non-hydrogen) atoms. The van der Waals surface area contributed by atoms with Crippen LogP contribution in [0.2, 0.25) is 0 Å². The van der Waals surface area contributed by atoms with Crippen molar-refractivity contribution in [1.82, 2.24) is 0 Å². The number of methoxy groups -OCH3 is 1. The topological polar surface area (TPSA) is 44.8 Å². The lowest BCUT2D eigenvalue weighted by Crippen LogP contribution is -2.20. The van der Waals surface area contributed by atoms with Crippen molar-refractivity contribution in [3.8, 4) is 5.75 Å². The van der Waals surface area contributed by atoms with Crippen LogP contribution in [0.5, 0.6) is 5.75 Å². The molecule has 0 aliphatic heterocycles. The summed E-state index contributed by atoms with van der Waals surface area (Å²) in [6.07, 6.45) is 0.189. The molecule has 0 amide bonds. The summed E-state index contributed by atoms with van der Waals surface area (Å²) in [6.45, 7) is 2.21. The van der Waals surface area contributed by atoms with E-state index in [0.717, 1.165) is 11.3 Å². The van der Waals surface area contributed by atoms with Gasteiger partial charge in [-0.2, -0.15) is 0 Å². The van der Waals surface area contributed by atoms with Gasteiger partial charge in [0.1, 0.15) is 11.4 Å². The summed E-state index contributed by atoms with van der Waals surface area (Å²) in [5.41, 5.74) is -0.624. The lowest BCUT2D eigenvalue weighted by Gasteiger charge is -2.09. The Morgan fingerprint density at radius 3 is 2.70 bits per heavy atom. The lowest BCUT2D eigenvalue weighted by molar-refractivity contribution is -0.146. The Bertz CT molecular complexity index is 459. The average Bonchev–Trinajstić information content (AvgIpc) is 3.12. The van der Waals surface area contributed by atoms with Gasteiger partial charge < -0.3 is 14.2 Å². The summed E-state index contributed by atoms with van der Waals surface area (Å²) in [6, 6.07) is 7.36. The predicted octanol–water partition coefficient (Wildman–Crippen LogP) is 2.50. The summed E-state index contributed by atoms with van der Waals surface area (Å²) in [4.78, 5) is 11.4. The Morgan fingerprint density at radius 1 is 1.40 bits per heavy atom. The SMILES string of the molecule is CCOC(=O)C1C[C@]1(F)COCc1ccc(OC)cc1. The van der Waals surface area contributed by atoms with Gasteiger partial charge in [0.15, 0.2) is 0 Å². The molecule has 4 nitrogen and oxygen atoms in total. The fourth-order valence-corrected chi connectivity index (χ4v) is 2.04. The molecule has 1 aromatic rings. The smallest absolute Gasteiger partial charge is 0.312 e. The molecular weight excluding hydrogens is 263 g/mol. The normalized spacial score (nSPS) is 24.2. The Labute approximate surface area is 117 Å². The second-order valence-corrected chi connectivity index (χ2v) is 4.88. The quantitative estimate of drug-likeness (QED) is 0.721. The molecule has 0 saturated heterocycles. The molecule has 1 saturated carbocycles. The van der Waals surface area contributed by atoms with E-state index in [0.29, 0.717) is 6.61 Å². The van der Waals surface area contributed by atoms with Crippen LogP contribution in [0.3, 0.4) is 0 Å². The summed E-state index contributed by atoms with van der Waals surface area (Å²) in [5.74, 6) is -0.373. The van der Waals surface area contributed by atoms with Gasteiger partial charge in [-0.05, 0) is 24.6 Å². The molecule has 1 aromatic carbocycles. The van der Waals surface area contributed by atoms with Gasteiger partial charge >= 0.3 is 5.97 Å². The van der Waals surface area contributed by atoms with Crippen LogP contribution in [0.4, 0.5) is 4.39 Å². The van der Waals surface area contributed by atoms with E-state index < -0.39 is 17.6 Å². The first-order chi connectivity index (χ1) is 9.59. The number of hydrogen-bond donors (Lipinski definition) is 0. The highest BCUT2D eigenvalue weighted by Crippen LogP contribution is 2.48. The third kappa shape index (κ3) is 3.48. The van der Waals surface area contributed by atoms with Crippen LogP contribution in [0, 0.1) is 5.92 Å².